The van der Waals surface area contributed by atoms with Crippen molar-refractivity contribution in [3.63, 3.8) is 0 Å². The Morgan fingerprint density at radius 1 is 0.488 bits per heavy atom. The van der Waals surface area contributed by atoms with Crippen molar-refractivity contribution in [2.24, 2.45) is 27.6 Å². The summed E-state index contributed by atoms with van der Waals surface area (Å²) < 4.78 is 0. The van der Waals surface area contributed by atoms with E-state index in [0.29, 0.717) is 0 Å². The molecule has 3 atom stereocenters. The van der Waals surface area contributed by atoms with Crippen LogP contribution in [0.3, 0.4) is 0 Å². The van der Waals surface area contributed by atoms with E-state index in [2.05, 4.69) is 10.6 Å². The van der Waals surface area contributed by atoms with E-state index in [0.717, 1.165) is 0 Å². The first kappa shape index (κ1) is 38.8. The lowest BCUT2D eigenvalue weighted by Gasteiger charge is -2.31. The van der Waals surface area contributed by atoms with Crippen molar-refractivity contribution in [2.45, 2.75) is 147 Å². The molecule has 0 fully saturated rings. The van der Waals surface area contributed by atoms with Gasteiger partial charge in [0.15, 0.2) is 11.6 Å². The van der Waals surface area contributed by atoms with Gasteiger partial charge in [-0.15, -0.1) is 0 Å². The van der Waals surface area contributed by atoms with E-state index in [1.54, 1.807) is 83.1 Å². The van der Waals surface area contributed by atoms with Gasteiger partial charge in [-0.05, 0) is 20.8 Å². The highest BCUT2D eigenvalue weighted by atomic mass is 16.2. The van der Waals surface area contributed by atoms with Crippen LogP contribution in [0.2, 0.25) is 0 Å². The van der Waals surface area contributed by atoms with E-state index in [1.807, 2.05) is 20.8 Å². The summed E-state index contributed by atoms with van der Waals surface area (Å²) in [7, 11) is 0. The monoisotopic (exact) mass is 578 g/mol. The van der Waals surface area contributed by atoms with Crippen LogP contribution >= 0.6 is 0 Å². The Hall–Kier alpha value is -2.22. The average Bonchev–Trinajstić information content (AvgIpc) is 2.73. The maximum Gasteiger partial charge on any atom is 0.224 e. The highest BCUT2D eigenvalue weighted by Crippen LogP contribution is 2.27. The zero-order valence-corrected chi connectivity index (χ0v) is 28.5. The van der Waals surface area contributed by atoms with Gasteiger partial charge < -0.3 is 10.6 Å². The second-order valence-corrected chi connectivity index (χ2v) is 16.6. The predicted octanol–water partition coefficient (Wildman–Crippen LogP) is 5.43. The minimum atomic E-state index is -1.09. The van der Waals surface area contributed by atoms with Gasteiger partial charge in [0.1, 0.15) is 17.3 Å². The molecule has 0 aliphatic rings. The van der Waals surface area contributed by atoms with Crippen molar-refractivity contribution in [2.75, 3.05) is 0 Å². The largest absolute Gasteiger partial charge is 0.346 e. The normalized spacial score (nSPS) is 15.5. The van der Waals surface area contributed by atoms with Crippen molar-refractivity contribution in [3.05, 3.63) is 0 Å². The Labute approximate surface area is 248 Å². The summed E-state index contributed by atoms with van der Waals surface area (Å²) in [4.78, 5) is 79.6. The lowest BCUT2D eigenvalue weighted by Crippen LogP contribution is -2.52. The van der Waals surface area contributed by atoms with Crippen molar-refractivity contribution in [3.8, 4) is 0 Å². The van der Waals surface area contributed by atoms with Crippen LogP contribution in [0.25, 0.3) is 0 Å². The highest BCUT2D eigenvalue weighted by molar-refractivity contribution is 6.00. The van der Waals surface area contributed by atoms with Gasteiger partial charge in [0, 0.05) is 52.9 Å². The smallest absolute Gasteiger partial charge is 0.224 e. The summed E-state index contributed by atoms with van der Waals surface area (Å²) in [5.74, 6) is -2.85. The van der Waals surface area contributed by atoms with Crippen LogP contribution in [0.5, 0.6) is 0 Å². The highest BCUT2D eigenvalue weighted by Gasteiger charge is 2.39. The van der Waals surface area contributed by atoms with Crippen molar-refractivity contribution in [1.82, 2.24) is 10.6 Å². The number of hydrogen-bond acceptors (Lipinski definition) is 7. The third-order valence-electron chi connectivity index (χ3n) is 6.91. The van der Waals surface area contributed by atoms with Crippen LogP contribution in [0.4, 0.5) is 0 Å². The molecule has 8 nitrogen and oxygen atoms in total. The minimum absolute atomic E-state index is 0.0492. The Kier molecular flexibility index (Phi) is 13.1. The van der Waals surface area contributed by atoms with Crippen molar-refractivity contribution < 1.29 is 28.8 Å². The van der Waals surface area contributed by atoms with Crippen LogP contribution in [0.15, 0.2) is 0 Å². The maximum absolute atomic E-state index is 13.7. The SMILES string of the molecule is CC(C)(C)NC(CC(=O)C(C)(C)C)C(=O)CC(CC(=O)C(C)(C)C)C(=O)NC(CC(=O)C(C)(C)C)C(=O)C(C)(C)C. The number of hydrogen-bond donors (Lipinski definition) is 2. The Morgan fingerprint density at radius 3 is 1.20 bits per heavy atom. The molecule has 0 aliphatic heterocycles. The van der Waals surface area contributed by atoms with Gasteiger partial charge in [-0.25, -0.2) is 0 Å². The molecule has 0 aromatic carbocycles. The van der Waals surface area contributed by atoms with Gasteiger partial charge in [-0.3, -0.25) is 28.8 Å². The Morgan fingerprint density at radius 2 is 0.854 bits per heavy atom. The topological polar surface area (TPSA) is 126 Å². The van der Waals surface area contributed by atoms with Gasteiger partial charge in [0.2, 0.25) is 5.91 Å². The summed E-state index contributed by atoms with van der Waals surface area (Å²) >= 11 is 0. The third kappa shape index (κ3) is 14.0. The first-order valence-corrected chi connectivity index (χ1v) is 14.7. The van der Waals surface area contributed by atoms with Crippen LogP contribution in [-0.2, 0) is 28.8 Å². The van der Waals surface area contributed by atoms with Crippen molar-refractivity contribution in [1.29, 1.82) is 0 Å². The molecular formula is C33H58N2O6. The molecule has 0 aromatic heterocycles. The van der Waals surface area contributed by atoms with Crippen molar-refractivity contribution >= 4 is 34.8 Å². The first-order chi connectivity index (χ1) is 18.0. The molecule has 0 saturated carbocycles. The number of carbonyl (C=O) groups excluding carboxylic acids is 6. The predicted molar refractivity (Wildman–Crippen MR) is 163 cm³/mol. The fourth-order valence-corrected chi connectivity index (χ4v) is 3.95. The van der Waals surface area contributed by atoms with Gasteiger partial charge in [0.05, 0.1) is 18.0 Å². The quantitative estimate of drug-likeness (QED) is 0.298. The van der Waals surface area contributed by atoms with Crippen LogP contribution in [-0.4, -0.2) is 52.4 Å². The molecule has 0 aliphatic carbocycles. The Bertz CT molecular complexity index is 991. The molecule has 236 valence electrons. The fraction of sp³-hybridized carbons (Fsp3) is 0.818. The average molecular weight is 579 g/mol. The van der Waals surface area contributed by atoms with Gasteiger partial charge in [-0.2, -0.15) is 0 Å². The second kappa shape index (κ2) is 13.8. The molecule has 8 heteroatoms. The molecule has 0 aromatic rings. The lowest BCUT2D eigenvalue weighted by atomic mass is 9.79. The molecule has 1 amide bonds. The van der Waals surface area contributed by atoms with E-state index in [9.17, 15) is 28.8 Å². The molecule has 0 spiro atoms. The van der Waals surface area contributed by atoms with E-state index in [-0.39, 0.29) is 54.6 Å². The number of nitrogens with one attached hydrogen (secondary N) is 2. The molecule has 3 unspecified atom stereocenters. The van der Waals surface area contributed by atoms with Crippen LogP contribution in [0.1, 0.15) is 130 Å². The van der Waals surface area contributed by atoms with Gasteiger partial charge >= 0.3 is 0 Å². The molecule has 0 bridgehead atoms. The number of rotatable bonds is 13. The standard InChI is InChI=1S/C33H58N2O6/c1-29(2,3)24(37)17-20(16-23(36)21(35-33(13,14)15)18-25(38)30(4,5)6)28(41)34-22(27(40)32(10,11)12)19-26(39)31(7,8)9/h20-22,35H,16-19H2,1-15H3,(H,34,41). The molecular weight excluding hydrogens is 520 g/mol. The molecule has 41 heavy (non-hydrogen) atoms. The maximum atomic E-state index is 13.7. The fourth-order valence-electron chi connectivity index (χ4n) is 3.95. The minimum Gasteiger partial charge on any atom is -0.346 e. The zero-order valence-electron chi connectivity index (χ0n) is 28.5. The number of amides is 1. The molecule has 0 saturated heterocycles. The number of Topliss-reactive ketones (excluding diaryl/α,β-unsaturated/α-hetero) is 5. The molecule has 0 rings (SSSR count). The third-order valence-corrected chi connectivity index (χ3v) is 6.91. The van der Waals surface area contributed by atoms with E-state index in [1.165, 1.54) is 0 Å². The van der Waals surface area contributed by atoms with E-state index < -0.39 is 51.1 Å². The van der Waals surface area contributed by atoms with E-state index >= 15 is 0 Å². The first-order valence-electron chi connectivity index (χ1n) is 14.7. The molecule has 0 heterocycles. The van der Waals surface area contributed by atoms with Crippen LogP contribution in [0, 0.1) is 27.6 Å². The summed E-state index contributed by atoms with van der Waals surface area (Å²) in [5.41, 5.74) is -3.45. The molecule has 2 N–H and O–H groups in total. The lowest BCUT2D eigenvalue weighted by molar-refractivity contribution is -0.139. The van der Waals surface area contributed by atoms with Crippen LogP contribution < -0.4 is 10.6 Å². The van der Waals surface area contributed by atoms with E-state index in [4.69, 9.17) is 0 Å². The summed E-state index contributed by atoms with van der Waals surface area (Å²) in [6, 6.07) is -1.95. The molecule has 0 radical (unpaired) electrons. The Balaban J connectivity index is 6.43. The van der Waals surface area contributed by atoms with Gasteiger partial charge in [-0.1, -0.05) is 83.1 Å². The second-order valence-electron chi connectivity index (χ2n) is 16.6. The number of ketones is 5. The summed E-state index contributed by atoms with van der Waals surface area (Å²) in [6.07, 6.45) is -0.734. The van der Waals surface area contributed by atoms with Gasteiger partial charge in [0.25, 0.3) is 0 Å². The summed E-state index contributed by atoms with van der Waals surface area (Å²) in [6.45, 7) is 26.7. The number of carbonyl (C=O) groups is 6. The zero-order chi connectivity index (χ0) is 32.9. The summed E-state index contributed by atoms with van der Waals surface area (Å²) in [5, 5.41) is 5.96.